The van der Waals surface area contributed by atoms with Crippen LogP contribution in [0.3, 0.4) is 0 Å². The number of hydrogen-bond acceptors (Lipinski definition) is 5. The molecule has 0 atom stereocenters. The Morgan fingerprint density at radius 1 is 0.941 bits per heavy atom. The van der Waals surface area contributed by atoms with Gasteiger partial charge in [0, 0.05) is 29.2 Å². The van der Waals surface area contributed by atoms with Crippen LogP contribution in [0.1, 0.15) is 23.6 Å². The fourth-order valence-electron chi connectivity index (χ4n) is 3.87. The van der Waals surface area contributed by atoms with Gasteiger partial charge in [-0.2, -0.15) is 0 Å². The van der Waals surface area contributed by atoms with Gasteiger partial charge in [0.05, 0.1) is 17.0 Å². The van der Waals surface area contributed by atoms with Crippen molar-refractivity contribution >= 4 is 44.3 Å². The predicted octanol–water partition coefficient (Wildman–Crippen LogP) is 4.44. The van der Waals surface area contributed by atoms with E-state index in [1.807, 2.05) is 56.6 Å². The van der Waals surface area contributed by atoms with Gasteiger partial charge in [0.25, 0.3) is 5.91 Å². The molecule has 3 aromatic rings. The van der Waals surface area contributed by atoms with E-state index in [9.17, 15) is 13.2 Å². The monoisotopic (exact) mass is 476 g/mol. The molecule has 0 aliphatic carbocycles. The second-order valence-electron chi connectivity index (χ2n) is 8.40. The summed E-state index contributed by atoms with van der Waals surface area (Å²) in [6.45, 7) is 2.37. The molecule has 1 aliphatic heterocycles. The highest BCUT2D eigenvalue weighted by Gasteiger charge is 2.29. The van der Waals surface area contributed by atoms with E-state index >= 15 is 0 Å². The molecular weight excluding hydrogens is 448 g/mol. The van der Waals surface area contributed by atoms with Crippen molar-refractivity contribution in [1.29, 1.82) is 0 Å². The maximum Gasteiger partial charge on any atom is 0.258 e. The van der Waals surface area contributed by atoms with Crippen molar-refractivity contribution in [2.75, 3.05) is 35.2 Å². The minimum Gasteiger partial charge on any atom is -0.354 e. The molecule has 8 heteroatoms. The highest BCUT2D eigenvalue weighted by atomic mass is 32.2. The zero-order chi connectivity index (χ0) is 24.3. The maximum atomic E-state index is 13.1. The van der Waals surface area contributed by atoms with Crippen LogP contribution < -0.4 is 15.4 Å². The van der Waals surface area contributed by atoms with Crippen molar-refractivity contribution < 1.29 is 13.2 Å². The number of benzene rings is 3. The molecule has 1 heterocycles. The van der Waals surface area contributed by atoms with E-state index in [4.69, 9.17) is 0 Å². The fourth-order valence-corrected chi connectivity index (χ4v) is 4.50. The van der Waals surface area contributed by atoms with E-state index in [1.54, 1.807) is 25.1 Å². The number of hydrogen-bond donors (Lipinski definition) is 3. The van der Waals surface area contributed by atoms with Crippen LogP contribution in [-0.4, -0.2) is 39.1 Å². The fraction of sp³-hybridized carbons (Fsp3) is 0.192. The number of nitrogens with one attached hydrogen (secondary N) is 3. The maximum absolute atomic E-state index is 13.1. The summed E-state index contributed by atoms with van der Waals surface area (Å²) in [5.41, 5.74) is 5.63. The van der Waals surface area contributed by atoms with Crippen molar-refractivity contribution in [3.8, 4) is 0 Å². The lowest BCUT2D eigenvalue weighted by atomic mass is 9.99. The van der Waals surface area contributed by atoms with Crippen molar-refractivity contribution in [3.05, 3.63) is 89.5 Å². The van der Waals surface area contributed by atoms with Gasteiger partial charge in [-0.3, -0.25) is 9.52 Å². The molecular formula is C26H28N4O3S. The summed E-state index contributed by atoms with van der Waals surface area (Å²) in [6.07, 6.45) is 0. The average molecular weight is 477 g/mol. The van der Waals surface area contributed by atoms with E-state index in [2.05, 4.69) is 32.4 Å². The molecule has 0 fully saturated rings. The van der Waals surface area contributed by atoms with Crippen molar-refractivity contribution in [2.24, 2.45) is 0 Å². The first kappa shape index (κ1) is 23.5. The lowest BCUT2D eigenvalue weighted by Gasteiger charge is -2.17. The second kappa shape index (κ2) is 9.70. The minimum atomic E-state index is -3.45. The van der Waals surface area contributed by atoms with Gasteiger partial charge in [-0.05, 0) is 62.5 Å². The van der Waals surface area contributed by atoms with E-state index in [0.29, 0.717) is 28.2 Å². The standard InChI is InChI=1S/C26H28N4O3S/c1-4-34(32,33)29-21-13-14-23-22(16-21)24(26(31)28-23)25(19-10-6-5-7-11-19)27-20-12-8-9-18(15-20)17-30(2)3/h5-16,27,29H,4,17H2,1-3H3,(H,28,31)/b25-24+. The Hall–Kier alpha value is -3.62. The number of amides is 1. The van der Waals surface area contributed by atoms with E-state index < -0.39 is 10.0 Å². The summed E-state index contributed by atoms with van der Waals surface area (Å²) in [4.78, 5) is 15.2. The van der Waals surface area contributed by atoms with Gasteiger partial charge < -0.3 is 15.5 Å². The molecule has 3 N–H and O–H groups in total. The largest absolute Gasteiger partial charge is 0.354 e. The number of anilines is 3. The van der Waals surface area contributed by atoms with E-state index in [1.165, 1.54) is 0 Å². The Kier molecular flexibility index (Phi) is 6.72. The van der Waals surface area contributed by atoms with Crippen LogP contribution >= 0.6 is 0 Å². The first-order valence-corrected chi connectivity index (χ1v) is 12.7. The molecule has 4 rings (SSSR count). The van der Waals surface area contributed by atoms with Gasteiger partial charge in [0.2, 0.25) is 10.0 Å². The molecule has 0 unspecified atom stereocenters. The second-order valence-corrected chi connectivity index (χ2v) is 10.4. The summed E-state index contributed by atoms with van der Waals surface area (Å²) >= 11 is 0. The Balaban J connectivity index is 1.83. The van der Waals surface area contributed by atoms with Crippen LogP contribution in [0.2, 0.25) is 0 Å². The normalized spacial score (nSPS) is 14.5. The van der Waals surface area contributed by atoms with Gasteiger partial charge >= 0.3 is 0 Å². The number of fused-ring (bicyclic) bond motifs is 1. The zero-order valence-corrected chi connectivity index (χ0v) is 20.2. The smallest absolute Gasteiger partial charge is 0.258 e. The molecule has 0 spiro atoms. The number of carbonyl (C=O) groups excluding carboxylic acids is 1. The van der Waals surface area contributed by atoms with Gasteiger partial charge in [-0.25, -0.2) is 8.42 Å². The molecule has 1 amide bonds. The molecule has 34 heavy (non-hydrogen) atoms. The zero-order valence-electron chi connectivity index (χ0n) is 19.4. The lowest BCUT2D eigenvalue weighted by Crippen LogP contribution is -2.14. The summed E-state index contributed by atoms with van der Waals surface area (Å²) in [5, 5.41) is 6.37. The molecule has 176 valence electrons. The van der Waals surface area contributed by atoms with Crippen molar-refractivity contribution in [2.45, 2.75) is 13.5 Å². The number of sulfonamides is 1. The summed E-state index contributed by atoms with van der Waals surface area (Å²) in [5.74, 6) is -0.286. The number of carbonyl (C=O) groups is 1. The third kappa shape index (κ3) is 5.30. The van der Waals surface area contributed by atoms with Crippen molar-refractivity contribution in [3.63, 3.8) is 0 Å². The first-order chi connectivity index (χ1) is 16.3. The number of nitrogens with zero attached hydrogens (tertiary/aromatic N) is 1. The van der Waals surface area contributed by atoms with Crippen LogP contribution in [-0.2, 0) is 21.4 Å². The first-order valence-electron chi connectivity index (χ1n) is 11.0. The molecule has 7 nitrogen and oxygen atoms in total. The Labute approximate surface area is 200 Å². The van der Waals surface area contributed by atoms with E-state index in [-0.39, 0.29) is 11.7 Å². The highest BCUT2D eigenvalue weighted by Crippen LogP contribution is 2.39. The molecule has 1 aliphatic rings. The third-order valence-corrected chi connectivity index (χ3v) is 6.73. The number of rotatable bonds is 8. The van der Waals surface area contributed by atoms with E-state index in [0.717, 1.165) is 23.4 Å². The molecule has 3 aromatic carbocycles. The summed E-state index contributed by atoms with van der Waals surface area (Å²) in [6, 6.07) is 22.8. The molecule has 0 radical (unpaired) electrons. The predicted molar refractivity (Wildman–Crippen MR) is 139 cm³/mol. The van der Waals surface area contributed by atoms with Crippen LogP contribution in [0.25, 0.3) is 11.3 Å². The van der Waals surface area contributed by atoms with Gasteiger partial charge in [-0.1, -0.05) is 42.5 Å². The molecule has 0 aromatic heterocycles. The summed E-state index contributed by atoms with van der Waals surface area (Å²) < 4.78 is 26.8. The topological polar surface area (TPSA) is 90.5 Å². The van der Waals surface area contributed by atoms with Crippen molar-refractivity contribution in [1.82, 2.24) is 4.90 Å². The molecule has 0 saturated carbocycles. The average Bonchev–Trinajstić information content (AvgIpc) is 3.12. The van der Waals surface area contributed by atoms with Crippen LogP contribution in [0.5, 0.6) is 0 Å². The highest BCUT2D eigenvalue weighted by molar-refractivity contribution is 7.92. The molecule has 0 saturated heterocycles. The minimum absolute atomic E-state index is 0.0376. The van der Waals surface area contributed by atoms with Crippen LogP contribution in [0.15, 0.2) is 72.8 Å². The van der Waals surface area contributed by atoms with Gasteiger partial charge in [0.15, 0.2) is 0 Å². The Morgan fingerprint density at radius 3 is 2.41 bits per heavy atom. The van der Waals surface area contributed by atoms with Gasteiger partial charge in [0.1, 0.15) is 0 Å². The Bertz CT molecular complexity index is 1350. The quantitative estimate of drug-likeness (QED) is 0.418. The van der Waals surface area contributed by atoms with Crippen LogP contribution in [0.4, 0.5) is 17.1 Å². The summed E-state index contributed by atoms with van der Waals surface area (Å²) in [7, 11) is 0.583. The lowest BCUT2D eigenvalue weighted by molar-refractivity contribution is -0.110. The third-order valence-electron chi connectivity index (χ3n) is 5.43. The Morgan fingerprint density at radius 2 is 1.71 bits per heavy atom. The molecule has 0 bridgehead atoms. The van der Waals surface area contributed by atoms with Gasteiger partial charge in [-0.15, -0.1) is 0 Å². The SMILES string of the molecule is CCS(=O)(=O)Nc1ccc2c(c1)/C(=C(\Nc1cccc(CN(C)C)c1)c1ccccc1)C(=O)N2. The van der Waals surface area contributed by atoms with Crippen LogP contribution in [0, 0.1) is 0 Å².